The van der Waals surface area contributed by atoms with Gasteiger partial charge in [-0.2, -0.15) is 0 Å². The molecule has 0 aromatic heterocycles. The highest BCUT2D eigenvalue weighted by Crippen LogP contribution is 2.29. The molecule has 2 aromatic rings. The first-order valence-corrected chi connectivity index (χ1v) is 7.80. The molecular formula is C17H14Cl2F2O3. The van der Waals surface area contributed by atoms with Crippen molar-refractivity contribution >= 4 is 29.4 Å². The van der Waals surface area contributed by atoms with Gasteiger partial charge in [0.15, 0.2) is 0 Å². The molecule has 0 amide bonds. The predicted molar refractivity (Wildman–Crippen MR) is 87.2 cm³/mol. The topological polar surface area (TPSA) is 35.5 Å². The molecule has 2 aromatic carbocycles. The lowest BCUT2D eigenvalue weighted by Gasteiger charge is -2.18. The van der Waals surface area contributed by atoms with E-state index in [1.807, 2.05) is 0 Å². The minimum atomic E-state index is -0.948. The Balaban J connectivity index is 2.01. The number of hydrogen-bond acceptors (Lipinski definition) is 3. The fourth-order valence-corrected chi connectivity index (χ4v) is 2.75. The van der Waals surface area contributed by atoms with Gasteiger partial charge >= 0.3 is 6.16 Å². The zero-order valence-electron chi connectivity index (χ0n) is 12.9. The van der Waals surface area contributed by atoms with Crippen molar-refractivity contribution in [3.63, 3.8) is 0 Å². The molecule has 0 bridgehead atoms. The molecule has 24 heavy (non-hydrogen) atoms. The third-order valence-electron chi connectivity index (χ3n) is 3.35. The van der Waals surface area contributed by atoms with Crippen LogP contribution < -0.4 is 0 Å². The first kappa shape index (κ1) is 18.5. The largest absolute Gasteiger partial charge is 0.509 e. The van der Waals surface area contributed by atoms with Crippen molar-refractivity contribution in [2.24, 2.45) is 0 Å². The van der Waals surface area contributed by atoms with E-state index in [-0.39, 0.29) is 10.0 Å². The monoisotopic (exact) mass is 374 g/mol. The van der Waals surface area contributed by atoms with Crippen LogP contribution in [0.4, 0.5) is 13.6 Å². The van der Waals surface area contributed by atoms with E-state index in [0.29, 0.717) is 11.1 Å². The Bertz CT molecular complexity index is 691. The van der Waals surface area contributed by atoms with Crippen LogP contribution in [0.1, 0.15) is 37.2 Å². The van der Waals surface area contributed by atoms with Gasteiger partial charge in [0.05, 0.1) is 10.0 Å². The average Bonchev–Trinajstić information content (AvgIpc) is 2.46. The summed E-state index contributed by atoms with van der Waals surface area (Å²) in [5.41, 5.74) is 0.893. The fraction of sp³-hybridized carbons (Fsp3) is 0.235. The Labute approximate surface area is 148 Å². The predicted octanol–water partition coefficient (Wildman–Crippen LogP) is 6.25. The molecule has 7 heteroatoms. The van der Waals surface area contributed by atoms with E-state index in [0.717, 1.165) is 12.1 Å². The van der Waals surface area contributed by atoms with Crippen molar-refractivity contribution in [2.45, 2.75) is 26.1 Å². The maximum atomic E-state index is 13.0. The molecule has 0 aliphatic carbocycles. The molecule has 0 aliphatic heterocycles. The standard InChI is InChI=1S/C17H14Cl2F2O3/c1-9(13-5-3-11(20)7-15(13)18)23-17(22)24-10(2)14-6-4-12(21)8-16(14)19/h3-10H,1-2H3. The van der Waals surface area contributed by atoms with Gasteiger partial charge in [0.25, 0.3) is 0 Å². The SMILES string of the molecule is CC(OC(=O)OC(C)c1ccc(F)cc1Cl)c1ccc(F)cc1Cl. The second-order valence-corrected chi connectivity index (χ2v) is 5.92. The van der Waals surface area contributed by atoms with Crippen molar-refractivity contribution in [3.8, 4) is 0 Å². The Morgan fingerprint density at radius 1 is 0.875 bits per heavy atom. The van der Waals surface area contributed by atoms with E-state index in [9.17, 15) is 13.6 Å². The van der Waals surface area contributed by atoms with Gasteiger partial charge in [0, 0.05) is 11.1 Å². The van der Waals surface area contributed by atoms with Crippen molar-refractivity contribution < 1.29 is 23.0 Å². The van der Waals surface area contributed by atoms with Crippen LogP contribution in [0, 0.1) is 11.6 Å². The van der Waals surface area contributed by atoms with E-state index in [1.54, 1.807) is 13.8 Å². The zero-order valence-corrected chi connectivity index (χ0v) is 14.4. The normalized spacial score (nSPS) is 13.2. The van der Waals surface area contributed by atoms with Crippen LogP contribution in [0.25, 0.3) is 0 Å². The van der Waals surface area contributed by atoms with Crippen molar-refractivity contribution in [2.75, 3.05) is 0 Å². The molecular weight excluding hydrogens is 361 g/mol. The lowest BCUT2D eigenvalue weighted by molar-refractivity contribution is 0.00631. The Hall–Kier alpha value is -1.85. The van der Waals surface area contributed by atoms with Crippen LogP contribution in [0.5, 0.6) is 0 Å². The summed E-state index contributed by atoms with van der Waals surface area (Å²) in [6, 6.07) is 7.54. The molecule has 2 rings (SSSR count). The van der Waals surface area contributed by atoms with Crippen LogP contribution in [-0.4, -0.2) is 6.16 Å². The van der Waals surface area contributed by atoms with E-state index in [1.165, 1.54) is 24.3 Å². The lowest BCUT2D eigenvalue weighted by atomic mass is 10.1. The molecule has 3 nitrogen and oxygen atoms in total. The first-order valence-electron chi connectivity index (χ1n) is 7.05. The van der Waals surface area contributed by atoms with Crippen molar-refractivity contribution in [1.29, 1.82) is 0 Å². The molecule has 0 spiro atoms. The number of ether oxygens (including phenoxy) is 2. The van der Waals surface area contributed by atoms with Gasteiger partial charge in [-0.05, 0) is 38.1 Å². The molecule has 0 fully saturated rings. The summed E-state index contributed by atoms with van der Waals surface area (Å²) in [7, 11) is 0. The third kappa shape index (κ3) is 4.58. The quantitative estimate of drug-likeness (QED) is 0.593. The lowest BCUT2D eigenvalue weighted by Crippen LogP contribution is -2.14. The maximum Gasteiger partial charge on any atom is 0.509 e. The van der Waals surface area contributed by atoms with Gasteiger partial charge < -0.3 is 9.47 Å². The average molecular weight is 375 g/mol. The third-order valence-corrected chi connectivity index (χ3v) is 4.00. The summed E-state index contributed by atoms with van der Waals surface area (Å²) in [4.78, 5) is 11.9. The van der Waals surface area contributed by atoms with Gasteiger partial charge in [-0.3, -0.25) is 0 Å². The number of benzene rings is 2. The summed E-state index contributed by atoms with van der Waals surface area (Å²) >= 11 is 11.8. The van der Waals surface area contributed by atoms with Gasteiger partial charge in [-0.15, -0.1) is 0 Å². The van der Waals surface area contributed by atoms with E-state index >= 15 is 0 Å². The smallest absolute Gasteiger partial charge is 0.426 e. The van der Waals surface area contributed by atoms with Crippen LogP contribution >= 0.6 is 23.2 Å². The van der Waals surface area contributed by atoms with E-state index < -0.39 is 30.0 Å². The van der Waals surface area contributed by atoms with Gasteiger partial charge in [-0.25, -0.2) is 13.6 Å². The van der Waals surface area contributed by atoms with Crippen molar-refractivity contribution in [1.82, 2.24) is 0 Å². The Kier molecular flexibility index (Phi) is 6.02. The minimum Gasteiger partial charge on any atom is -0.426 e. The summed E-state index contributed by atoms with van der Waals surface area (Å²) in [6.07, 6.45) is -2.42. The second-order valence-electron chi connectivity index (χ2n) is 5.10. The number of carbonyl (C=O) groups excluding carboxylic acids is 1. The van der Waals surface area contributed by atoms with Crippen LogP contribution in [0.15, 0.2) is 36.4 Å². The molecule has 0 N–H and O–H groups in total. The molecule has 2 atom stereocenters. The van der Waals surface area contributed by atoms with E-state index in [2.05, 4.69) is 0 Å². The van der Waals surface area contributed by atoms with Crippen LogP contribution in [0.3, 0.4) is 0 Å². The molecule has 0 radical (unpaired) electrons. The number of carbonyl (C=O) groups is 1. The minimum absolute atomic E-state index is 0.143. The first-order chi connectivity index (χ1) is 11.3. The molecule has 0 heterocycles. The van der Waals surface area contributed by atoms with Gasteiger partial charge in [0.2, 0.25) is 0 Å². The van der Waals surface area contributed by atoms with Crippen molar-refractivity contribution in [3.05, 3.63) is 69.2 Å². The van der Waals surface area contributed by atoms with Gasteiger partial charge in [0.1, 0.15) is 23.8 Å². The maximum absolute atomic E-state index is 13.0. The molecule has 0 saturated heterocycles. The number of rotatable bonds is 4. The van der Waals surface area contributed by atoms with E-state index in [4.69, 9.17) is 32.7 Å². The zero-order chi connectivity index (χ0) is 17.9. The highest BCUT2D eigenvalue weighted by Gasteiger charge is 2.20. The highest BCUT2D eigenvalue weighted by atomic mass is 35.5. The number of hydrogen-bond donors (Lipinski definition) is 0. The second kappa shape index (κ2) is 7.81. The Morgan fingerprint density at radius 2 is 1.25 bits per heavy atom. The molecule has 2 unspecified atom stereocenters. The summed E-state index contributed by atoms with van der Waals surface area (Å²) in [5, 5.41) is 0.287. The fourth-order valence-electron chi connectivity index (χ4n) is 2.11. The molecule has 128 valence electrons. The molecule has 0 saturated carbocycles. The number of halogens is 4. The van der Waals surface area contributed by atoms with Crippen LogP contribution in [0.2, 0.25) is 10.0 Å². The summed E-state index contributed by atoms with van der Waals surface area (Å²) in [5.74, 6) is -0.976. The Morgan fingerprint density at radius 3 is 1.58 bits per heavy atom. The highest BCUT2D eigenvalue weighted by molar-refractivity contribution is 6.31. The van der Waals surface area contributed by atoms with Gasteiger partial charge in [-0.1, -0.05) is 35.3 Å². The van der Waals surface area contributed by atoms with Crippen LogP contribution in [-0.2, 0) is 9.47 Å². The summed E-state index contributed by atoms with van der Waals surface area (Å²) < 4.78 is 36.3. The summed E-state index contributed by atoms with van der Waals surface area (Å²) in [6.45, 7) is 3.16. The molecule has 0 aliphatic rings.